The van der Waals surface area contributed by atoms with Crippen LogP contribution in [0.2, 0.25) is 0 Å². The first-order valence-corrected chi connectivity index (χ1v) is 7.29. The number of para-hydroxylation sites is 1. The van der Waals surface area contributed by atoms with Gasteiger partial charge in [-0.2, -0.15) is 0 Å². The number of nitrogens with zero attached hydrogens (tertiary/aromatic N) is 1. The molecule has 0 radical (unpaired) electrons. The summed E-state index contributed by atoms with van der Waals surface area (Å²) in [5.74, 6) is -0.862. The monoisotopic (exact) mass is 291 g/mol. The van der Waals surface area contributed by atoms with E-state index in [9.17, 15) is 15.0 Å². The third-order valence-corrected chi connectivity index (χ3v) is 4.57. The Morgan fingerprint density at radius 3 is 2.86 bits per heavy atom. The fourth-order valence-electron chi connectivity index (χ4n) is 3.27. The Kier molecular flexibility index (Phi) is 3.31. The lowest BCUT2D eigenvalue weighted by Crippen LogP contribution is -2.68. The van der Waals surface area contributed by atoms with Crippen molar-refractivity contribution in [1.29, 1.82) is 0 Å². The molecule has 3 rings (SSSR count). The molecule has 2 N–H and O–H groups in total. The summed E-state index contributed by atoms with van der Waals surface area (Å²) in [7, 11) is 0. The van der Waals surface area contributed by atoms with Crippen LogP contribution in [0.3, 0.4) is 0 Å². The molecule has 5 heteroatoms. The molecule has 0 spiro atoms. The number of fused-ring (bicyclic) bond motifs is 4. The number of Topliss-reactive ketones (excluding diaryl/α,β-unsaturated/α-hetero) is 1. The average Bonchev–Trinajstić information content (AvgIpc) is 2.41. The molecule has 2 heterocycles. The van der Waals surface area contributed by atoms with Crippen LogP contribution in [0.5, 0.6) is 5.75 Å². The van der Waals surface area contributed by atoms with Crippen LogP contribution in [0.4, 0.5) is 0 Å². The Labute approximate surface area is 124 Å². The Balaban J connectivity index is 1.98. The third-order valence-electron chi connectivity index (χ3n) is 4.57. The fraction of sp³-hybridized carbons (Fsp3) is 0.562. The number of hydrogen-bond acceptors (Lipinski definition) is 5. The van der Waals surface area contributed by atoms with Crippen molar-refractivity contribution < 1.29 is 19.7 Å². The molecule has 2 aliphatic heterocycles. The van der Waals surface area contributed by atoms with Gasteiger partial charge in [0.1, 0.15) is 17.1 Å². The van der Waals surface area contributed by atoms with E-state index in [1.54, 1.807) is 19.9 Å². The van der Waals surface area contributed by atoms with Crippen molar-refractivity contribution in [2.24, 2.45) is 0 Å². The van der Waals surface area contributed by atoms with Gasteiger partial charge in [-0.25, -0.2) is 0 Å². The van der Waals surface area contributed by atoms with Crippen LogP contribution in [0.1, 0.15) is 38.3 Å². The Bertz CT molecular complexity index is 571. The zero-order valence-corrected chi connectivity index (χ0v) is 12.4. The molecule has 0 aromatic heterocycles. The van der Waals surface area contributed by atoms with Crippen LogP contribution in [0.15, 0.2) is 24.3 Å². The van der Waals surface area contributed by atoms with Gasteiger partial charge in [-0.1, -0.05) is 18.2 Å². The van der Waals surface area contributed by atoms with Crippen LogP contribution in [0, 0.1) is 0 Å². The summed E-state index contributed by atoms with van der Waals surface area (Å²) >= 11 is 0. The summed E-state index contributed by atoms with van der Waals surface area (Å²) in [4.78, 5) is 13.3. The van der Waals surface area contributed by atoms with Gasteiger partial charge in [-0.15, -0.1) is 0 Å². The summed E-state index contributed by atoms with van der Waals surface area (Å²) in [6.45, 7) is 3.99. The molecule has 1 saturated heterocycles. The van der Waals surface area contributed by atoms with Gasteiger partial charge < -0.3 is 14.9 Å². The van der Waals surface area contributed by atoms with Crippen LogP contribution in [0.25, 0.3) is 0 Å². The van der Waals surface area contributed by atoms with Crippen LogP contribution >= 0.6 is 0 Å². The van der Waals surface area contributed by atoms with Gasteiger partial charge in [0, 0.05) is 37.5 Å². The maximum Gasteiger partial charge on any atom is 0.239 e. The maximum atomic E-state index is 11.3. The van der Waals surface area contributed by atoms with Gasteiger partial charge in [0.2, 0.25) is 5.79 Å². The molecule has 114 valence electrons. The number of benzene rings is 1. The molecular weight excluding hydrogens is 270 g/mol. The van der Waals surface area contributed by atoms with E-state index in [0.29, 0.717) is 25.1 Å². The molecule has 21 heavy (non-hydrogen) atoms. The number of ketones is 1. The van der Waals surface area contributed by atoms with Gasteiger partial charge in [-0.3, -0.25) is 9.69 Å². The zero-order chi connectivity index (χ0) is 15.3. The molecule has 3 unspecified atom stereocenters. The van der Waals surface area contributed by atoms with Crippen LogP contribution in [-0.2, 0) is 4.79 Å². The molecule has 1 aromatic carbocycles. The third kappa shape index (κ3) is 2.35. The van der Waals surface area contributed by atoms with E-state index < -0.39 is 11.4 Å². The summed E-state index contributed by atoms with van der Waals surface area (Å²) in [5.41, 5.74) is -0.380. The number of piperidine rings is 1. The molecular formula is C16H21NO4. The summed E-state index contributed by atoms with van der Waals surface area (Å²) in [6.07, 6.45) is 0.739. The minimum absolute atomic E-state index is 0.0421. The normalized spacial score (nSPS) is 35.0. The first kappa shape index (κ1) is 14.5. The van der Waals surface area contributed by atoms with Crippen molar-refractivity contribution in [2.75, 3.05) is 13.1 Å². The van der Waals surface area contributed by atoms with E-state index >= 15 is 0 Å². The molecule has 1 aromatic rings. The molecule has 2 aliphatic rings. The zero-order valence-electron chi connectivity index (χ0n) is 12.4. The Morgan fingerprint density at radius 1 is 1.43 bits per heavy atom. The van der Waals surface area contributed by atoms with Crippen molar-refractivity contribution in [2.45, 2.75) is 44.1 Å². The van der Waals surface area contributed by atoms with Crippen LogP contribution in [-0.4, -0.2) is 45.4 Å². The number of ether oxygens (including phenoxy) is 1. The maximum absolute atomic E-state index is 11.3. The highest BCUT2D eigenvalue weighted by Crippen LogP contribution is 2.49. The van der Waals surface area contributed by atoms with Crippen molar-refractivity contribution >= 4 is 5.78 Å². The minimum atomic E-state index is -1.58. The van der Waals surface area contributed by atoms with E-state index in [2.05, 4.69) is 4.90 Å². The highest BCUT2D eigenvalue weighted by molar-refractivity contribution is 5.75. The van der Waals surface area contributed by atoms with E-state index in [1.165, 1.54) is 0 Å². The highest BCUT2D eigenvalue weighted by atomic mass is 16.6. The quantitative estimate of drug-likeness (QED) is 0.877. The molecule has 3 atom stereocenters. The number of likely N-dealkylation sites (tertiary alicyclic amines) is 1. The summed E-state index contributed by atoms with van der Waals surface area (Å²) in [6, 6.07) is 7.51. The average molecular weight is 291 g/mol. The lowest BCUT2D eigenvalue weighted by Gasteiger charge is -2.54. The highest BCUT2D eigenvalue weighted by Gasteiger charge is 2.58. The number of hydrogen-bond donors (Lipinski definition) is 2. The standard InChI is InChI=1S/C16H21NO4/c1-11(18)7-8-17-10-15(2,19)16(20)9-13(17)12-5-3-4-6-14(12)21-16/h3-6,13,19-20H,7-10H2,1-2H3. The second-order valence-electron chi connectivity index (χ2n) is 6.34. The predicted octanol–water partition coefficient (Wildman–Crippen LogP) is 1.24. The number of β-amino-alcohol motifs (C(OH)–C–C–N with tert-alkyl or cyclic N) is 1. The number of rotatable bonds is 3. The smallest absolute Gasteiger partial charge is 0.239 e. The molecule has 5 nitrogen and oxygen atoms in total. The van der Waals surface area contributed by atoms with E-state index in [-0.39, 0.29) is 18.4 Å². The van der Waals surface area contributed by atoms with Gasteiger partial charge in [0.05, 0.1) is 0 Å². The molecule has 0 amide bonds. The number of carbonyl (C=O) groups is 1. The molecule has 0 saturated carbocycles. The Morgan fingerprint density at radius 2 is 2.14 bits per heavy atom. The predicted molar refractivity (Wildman–Crippen MR) is 76.9 cm³/mol. The fourth-order valence-corrected chi connectivity index (χ4v) is 3.27. The van der Waals surface area contributed by atoms with Gasteiger partial charge in [0.25, 0.3) is 0 Å². The minimum Gasteiger partial charge on any atom is -0.459 e. The van der Waals surface area contributed by atoms with Crippen molar-refractivity contribution in [3.63, 3.8) is 0 Å². The lowest BCUT2D eigenvalue weighted by molar-refractivity contribution is -0.294. The second kappa shape index (κ2) is 4.80. The van der Waals surface area contributed by atoms with Crippen LogP contribution < -0.4 is 4.74 Å². The molecule has 2 bridgehead atoms. The van der Waals surface area contributed by atoms with Crippen molar-refractivity contribution in [1.82, 2.24) is 4.90 Å². The first-order valence-electron chi connectivity index (χ1n) is 7.29. The van der Waals surface area contributed by atoms with Crippen molar-refractivity contribution in [3.8, 4) is 5.75 Å². The lowest BCUT2D eigenvalue weighted by atomic mass is 9.79. The van der Waals surface area contributed by atoms with E-state index in [1.807, 2.05) is 18.2 Å². The number of aliphatic hydroxyl groups is 2. The largest absolute Gasteiger partial charge is 0.459 e. The van der Waals surface area contributed by atoms with Gasteiger partial charge >= 0.3 is 0 Å². The number of carbonyl (C=O) groups excluding carboxylic acids is 1. The van der Waals surface area contributed by atoms with Gasteiger partial charge in [0.15, 0.2) is 0 Å². The summed E-state index contributed by atoms with van der Waals surface area (Å²) in [5, 5.41) is 21.3. The van der Waals surface area contributed by atoms with E-state index in [4.69, 9.17) is 4.74 Å². The summed E-state index contributed by atoms with van der Waals surface area (Å²) < 4.78 is 5.69. The first-order chi connectivity index (χ1) is 9.82. The Hall–Kier alpha value is -1.43. The van der Waals surface area contributed by atoms with Crippen molar-refractivity contribution in [3.05, 3.63) is 29.8 Å². The second-order valence-corrected chi connectivity index (χ2v) is 6.34. The topological polar surface area (TPSA) is 70.0 Å². The molecule has 1 fully saturated rings. The van der Waals surface area contributed by atoms with Gasteiger partial charge in [-0.05, 0) is 19.9 Å². The SMILES string of the molecule is CC(=O)CCN1CC(C)(O)C2(O)CC1c1ccccc1O2. The molecule has 0 aliphatic carbocycles. The van der Waals surface area contributed by atoms with E-state index in [0.717, 1.165) is 5.56 Å².